The zero-order valence-electron chi connectivity index (χ0n) is 6.72. The van der Waals surface area contributed by atoms with Gasteiger partial charge < -0.3 is 0 Å². The SMILES string of the molecule is C=C(CBr)CN1CC=CCC1. The third kappa shape index (κ3) is 3.21. The molecule has 1 aliphatic rings. The van der Waals surface area contributed by atoms with E-state index < -0.39 is 0 Å². The van der Waals surface area contributed by atoms with Gasteiger partial charge in [-0.15, -0.1) is 0 Å². The average Bonchev–Trinajstić information content (AvgIpc) is 2.06. The first-order valence-electron chi connectivity index (χ1n) is 3.93. The highest BCUT2D eigenvalue weighted by Crippen LogP contribution is 2.05. The number of hydrogen-bond donors (Lipinski definition) is 0. The summed E-state index contributed by atoms with van der Waals surface area (Å²) in [6.07, 6.45) is 5.66. The van der Waals surface area contributed by atoms with E-state index in [1.165, 1.54) is 18.5 Å². The summed E-state index contributed by atoms with van der Waals surface area (Å²) in [6.45, 7) is 7.26. The van der Waals surface area contributed by atoms with Gasteiger partial charge in [0.2, 0.25) is 0 Å². The number of hydrogen-bond acceptors (Lipinski definition) is 1. The molecule has 0 aromatic carbocycles. The molecule has 0 bridgehead atoms. The molecule has 0 spiro atoms. The van der Waals surface area contributed by atoms with Crippen LogP contribution in [-0.4, -0.2) is 29.9 Å². The number of alkyl halides is 1. The first-order chi connectivity index (χ1) is 5.33. The second-order valence-corrected chi connectivity index (χ2v) is 3.44. The zero-order valence-corrected chi connectivity index (χ0v) is 8.31. The molecule has 0 unspecified atom stereocenters. The van der Waals surface area contributed by atoms with Crippen molar-refractivity contribution in [2.45, 2.75) is 6.42 Å². The average molecular weight is 216 g/mol. The second-order valence-electron chi connectivity index (χ2n) is 2.88. The minimum atomic E-state index is 0.924. The molecule has 0 atom stereocenters. The first kappa shape index (κ1) is 9.01. The lowest BCUT2D eigenvalue weighted by Crippen LogP contribution is -2.29. The number of halogens is 1. The van der Waals surface area contributed by atoms with Crippen LogP contribution in [0.4, 0.5) is 0 Å². The predicted octanol–water partition coefficient (Wildman–Crippen LogP) is 2.20. The van der Waals surface area contributed by atoms with E-state index in [1.807, 2.05) is 0 Å². The van der Waals surface area contributed by atoms with Crippen molar-refractivity contribution in [3.8, 4) is 0 Å². The number of nitrogens with zero attached hydrogens (tertiary/aromatic N) is 1. The minimum Gasteiger partial charge on any atom is -0.295 e. The van der Waals surface area contributed by atoms with Gasteiger partial charge in [0.1, 0.15) is 0 Å². The van der Waals surface area contributed by atoms with E-state index in [0.29, 0.717) is 0 Å². The summed E-state index contributed by atoms with van der Waals surface area (Å²) in [6, 6.07) is 0. The van der Waals surface area contributed by atoms with Gasteiger partial charge in [0.15, 0.2) is 0 Å². The molecule has 11 heavy (non-hydrogen) atoms. The van der Waals surface area contributed by atoms with Crippen molar-refractivity contribution in [3.63, 3.8) is 0 Å². The van der Waals surface area contributed by atoms with Crippen LogP contribution in [0.1, 0.15) is 6.42 Å². The molecular weight excluding hydrogens is 202 g/mol. The van der Waals surface area contributed by atoms with Gasteiger partial charge >= 0.3 is 0 Å². The van der Waals surface area contributed by atoms with Gasteiger partial charge in [-0.05, 0) is 6.42 Å². The van der Waals surface area contributed by atoms with E-state index in [1.54, 1.807) is 0 Å². The molecule has 2 heteroatoms. The lowest BCUT2D eigenvalue weighted by atomic mass is 10.2. The Bertz CT molecular complexity index is 163. The molecular formula is C9H14BrN. The summed E-state index contributed by atoms with van der Waals surface area (Å²) in [4.78, 5) is 2.41. The quantitative estimate of drug-likeness (QED) is 0.516. The van der Waals surface area contributed by atoms with Crippen LogP contribution >= 0.6 is 15.9 Å². The topological polar surface area (TPSA) is 3.24 Å². The smallest absolute Gasteiger partial charge is 0.0251 e. The van der Waals surface area contributed by atoms with Crippen molar-refractivity contribution in [3.05, 3.63) is 24.3 Å². The monoisotopic (exact) mass is 215 g/mol. The van der Waals surface area contributed by atoms with Crippen LogP contribution in [0, 0.1) is 0 Å². The van der Waals surface area contributed by atoms with Crippen LogP contribution < -0.4 is 0 Å². The molecule has 62 valence electrons. The molecule has 0 aromatic rings. The number of rotatable bonds is 3. The van der Waals surface area contributed by atoms with Gasteiger partial charge in [-0.2, -0.15) is 0 Å². The molecule has 1 aliphatic heterocycles. The van der Waals surface area contributed by atoms with Gasteiger partial charge in [0.25, 0.3) is 0 Å². The Morgan fingerprint density at radius 1 is 1.55 bits per heavy atom. The lowest BCUT2D eigenvalue weighted by molar-refractivity contribution is 0.324. The van der Waals surface area contributed by atoms with Crippen molar-refractivity contribution >= 4 is 15.9 Å². The van der Waals surface area contributed by atoms with Crippen LogP contribution in [0.25, 0.3) is 0 Å². The summed E-state index contributed by atoms with van der Waals surface area (Å²) in [5, 5.41) is 0.924. The summed E-state index contributed by atoms with van der Waals surface area (Å²) >= 11 is 3.40. The zero-order chi connectivity index (χ0) is 8.10. The fourth-order valence-electron chi connectivity index (χ4n) is 1.19. The van der Waals surface area contributed by atoms with Crippen LogP contribution in [0.5, 0.6) is 0 Å². The molecule has 0 fully saturated rings. The van der Waals surface area contributed by atoms with Gasteiger partial charge in [-0.1, -0.05) is 40.2 Å². The Kier molecular flexibility index (Phi) is 3.87. The highest BCUT2D eigenvalue weighted by molar-refractivity contribution is 9.09. The van der Waals surface area contributed by atoms with Crippen LogP contribution in [0.15, 0.2) is 24.3 Å². The summed E-state index contributed by atoms with van der Waals surface area (Å²) in [5.74, 6) is 0. The molecule has 1 rings (SSSR count). The minimum absolute atomic E-state index is 0.924. The maximum atomic E-state index is 3.95. The summed E-state index contributed by atoms with van der Waals surface area (Å²) < 4.78 is 0. The Balaban J connectivity index is 2.26. The largest absolute Gasteiger partial charge is 0.295 e. The molecule has 1 heterocycles. The van der Waals surface area contributed by atoms with Crippen molar-refractivity contribution in [1.82, 2.24) is 4.90 Å². The van der Waals surface area contributed by atoms with Gasteiger partial charge in [-0.3, -0.25) is 4.90 Å². The van der Waals surface area contributed by atoms with Gasteiger partial charge in [-0.25, -0.2) is 0 Å². The Morgan fingerprint density at radius 2 is 2.36 bits per heavy atom. The Morgan fingerprint density at radius 3 is 2.91 bits per heavy atom. The van der Waals surface area contributed by atoms with Crippen molar-refractivity contribution < 1.29 is 0 Å². The maximum absolute atomic E-state index is 3.95. The summed E-state index contributed by atoms with van der Waals surface area (Å²) in [7, 11) is 0. The van der Waals surface area contributed by atoms with E-state index in [0.717, 1.165) is 18.4 Å². The predicted molar refractivity (Wildman–Crippen MR) is 53.1 cm³/mol. The Labute approximate surface area is 76.9 Å². The first-order valence-corrected chi connectivity index (χ1v) is 5.05. The fourth-order valence-corrected chi connectivity index (χ4v) is 1.37. The highest BCUT2D eigenvalue weighted by atomic mass is 79.9. The third-order valence-electron chi connectivity index (χ3n) is 1.78. The molecule has 0 N–H and O–H groups in total. The third-order valence-corrected chi connectivity index (χ3v) is 2.57. The van der Waals surface area contributed by atoms with Gasteiger partial charge in [0.05, 0.1) is 0 Å². The Hall–Kier alpha value is -0.0800. The standard InChI is InChI=1S/C9H14BrN/c1-9(7-10)8-11-5-3-2-4-6-11/h2-3H,1,4-8H2. The van der Waals surface area contributed by atoms with E-state index in [-0.39, 0.29) is 0 Å². The molecule has 0 amide bonds. The van der Waals surface area contributed by atoms with Crippen molar-refractivity contribution in [2.24, 2.45) is 0 Å². The van der Waals surface area contributed by atoms with Crippen LogP contribution in [0.3, 0.4) is 0 Å². The van der Waals surface area contributed by atoms with Crippen molar-refractivity contribution in [2.75, 3.05) is 25.0 Å². The molecule has 0 aliphatic carbocycles. The van der Waals surface area contributed by atoms with Crippen LogP contribution in [0.2, 0.25) is 0 Å². The van der Waals surface area contributed by atoms with Crippen molar-refractivity contribution in [1.29, 1.82) is 0 Å². The lowest BCUT2D eigenvalue weighted by Gasteiger charge is -2.23. The maximum Gasteiger partial charge on any atom is 0.0251 e. The van der Waals surface area contributed by atoms with Crippen LogP contribution in [-0.2, 0) is 0 Å². The van der Waals surface area contributed by atoms with E-state index in [4.69, 9.17) is 0 Å². The fraction of sp³-hybridized carbons (Fsp3) is 0.556. The summed E-state index contributed by atoms with van der Waals surface area (Å²) in [5.41, 5.74) is 1.26. The highest BCUT2D eigenvalue weighted by Gasteiger charge is 2.05. The van der Waals surface area contributed by atoms with Gasteiger partial charge in [0, 0.05) is 25.0 Å². The molecule has 1 nitrogen and oxygen atoms in total. The molecule has 0 radical (unpaired) electrons. The molecule has 0 aromatic heterocycles. The van der Waals surface area contributed by atoms with E-state index >= 15 is 0 Å². The van der Waals surface area contributed by atoms with E-state index in [2.05, 4.69) is 39.6 Å². The molecule has 0 saturated carbocycles. The van der Waals surface area contributed by atoms with E-state index in [9.17, 15) is 0 Å². The molecule has 0 saturated heterocycles. The normalized spacial score (nSPS) is 18.6. The second kappa shape index (κ2) is 4.73.